The minimum Gasteiger partial charge on any atom is -0.447 e. The molecule has 3 aromatic rings. The molecule has 8 heteroatoms. The Kier molecular flexibility index (Phi) is 5.65. The van der Waals surface area contributed by atoms with E-state index >= 15 is 0 Å². The van der Waals surface area contributed by atoms with Crippen LogP contribution in [0.15, 0.2) is 78.9 Å². The number of hydrogen-bond acceptors (Lipinski definition) is 6. The lowest BCUT2D eigenvalue weighted by Gasteiger charge is -2.22. The Morgan fingerprint density at radius 2 is 1.47 bits per heavy atom. The number of ether oxygens (including phenoxy) is 2. The predicted molar refractivity (Wildman–Crippen MR) is 129 cm³/mol. The van der Waals surface area contributed by atoms with Crippen molar-refractivity contribution in [2.45, 2.75) is 24.6 Å². The van der Waals surface area contributed by atoms with Gasteiger partial charge in [-0.05, 0) is 27.8 Å². The molecule has 2 amide bonds. The van der Waals surface area contributed by atoms with E-state index in [1.807, 2.05) is 66.7 Å². The van der Waals surface area contributed by atoms with Crippen LogP contribution >= 0.6 is 0 Å². The first-order chi connectivity index (χ1) is 17.6. The number of fused-ring (bicyclic) bond motifs is 4. The Labute approximate surface area is 207 Å². The van der Waals surface area contributed by atoms with Gasteiger partial charge in [-0.1, -0.05) is 78.9 Å². The molecule has 2 saturated heterocycles. The molecule has 0 spiro atoms. The van der Waals surface area contributed by atoms with Gasteiger partial charge in [-0.2, -0.15) is 5.06 Å². The van der Waals surface area contributed by atoms with Crippen molar-refractivity contribution in [3.63, 3.8) is 0 Å². The van der Waals surface area contributed by atoms with Gasteiger partial charge in [-0.15, -0.1) is 0 Å². The number of nitrogens with zero attached hydrogens (tertiary/aromatic N) is 2. The molecule has 8 nitrogen and oxygen atoms in total. The van der Waals surface area contributed by atoms with Gasteiger partial charge in [-0.25, -0.2) is 9.59 Å². The quantitative estimate of drug-likeness (QED) is 0.553. The predicted octanol–water partition coefficient (Wildman–Crippen LogP) is 4.14. The Morgan fingerprint density at radius 1 is 0.833 bits per heavy atom. The minimum atomic E-state index is -0.912. The molecule has 2 atom stereocenters. The third-order valence-corrected chi connectivity index (χ3v) is 7.01. The normalized spacial score (nSPS) is 20.2. The highest BCUT2D eigenvalue weighted by Gasteiger charge is 2.54. The zero-order valence-corrected chi connectivity index (χ0v) is 19.4. The smallest absolute Gasteiger partial charge is 0.434 e. The van der Waals surface area contributed by atoms with Crippen LogP contribution in [0.5, 0.6) is 0 Å². The second kappa shape index (κ2) is 9.13. The van der Waals surface area contributed by atoms with Crippen LogP contribution in [0.4, 0.5) is 9.59 Å². The number of ketones is 1. The van der Waals surface area contributed by atoms with E-state index < -0.39 is 24.3 Å². The molecule has 6 rings (SSSR count). The maximum atomic E-state index is 13.0. The van der Waals surface area contributed by atoms with Crippen molar-refractivity contribution in [1.82, 2.24) is 9.96 Å². The van der Waals surface area contributed by atoms with E-state index in [0.717, 1.165) is 32.9 Å². The van der Waals surface area contributed by atoms with Gasteiger partial charge in [0.2, 0.25) is 0 Å². The molecule has 0 aromatic heterocycles. The van der Waals surface area contributed by atoms with Crippen molar-refractivity contribution >= 4 is 18.0 Å². The van der Waals surface area contributed by atoms with Crippen LogP contribution in [-0.4, -0.2) is 59.8 Å². The van der Waals surface area contributed by atoms with Crippen molar-refractivity contribution in [1.29, 1.82) is 0 Å². The second-order valence-corrected chi connectivity index (χ2v) is 9.07. The largest absolute Gasteiger partial charge is 0.447 e. The maximum Gasteiger partial charge on any atom is 0.434 e. The topological polar surface area (TPSA) is 85.4 Å². The zero-order valence-electron chi connectivity index (χ0n) is 19.4. The molecule has 3 aliphatic rings. The summed E-state index contributed by atoms with van der Waals surface area (Å²) in [7, 11) is 0. The summed E-state index contributed by atoms with van der Waals surface area (Å²) in [6.07, 6.45) is -1.35. The molecule has 182 valence electrons. The van der Waals surface area contributed by atoms with Crippen molar-refractivity contribution in [3.05, 3.63) is 95.6 Å². The third-order valence-electron chi connectivity index (χ3n) is 7.01. The Hall–Kier alpha value is -4.17. The van der Waals surface area contributed by atoms with Gasteiger partial charge in [0.05, 0.1) is 19.2 Å². The second-order valence-electron chi connectivity index (χ2n) is 9.07. The van der Waals surface area contributed by atoms with E-state index in [2.05, 4.69) is 12.1 Å². The number of carbonyl (C=O) groups excluding carboxylic acids is 3. The highest BCUT2D eigenvalue weighted by Crippen LogP contribution is 2.44. The first kappa shape index (κ1) is 22.3. The van der Waals surface area contributed by atoms with Crippen LogP contribution in [0, 0.1) is 0 Å². The summed E-state index contributed by atoms with van der Waals surface area (Å²) < 4.78 is 11.0. The molecule has 0 N–H and O–H groups in total. The maximum absolute atomic E-state index is 13.0. The van der Waals surface area contributed by atoms with Crippen LogP contribution in [0.3, 0.4) is 0 Å². The van der Waals surface area contributed by atoms with Crippen molar-refractivity contribution in [2.75, 3.05) is 19.8 Å². The van der Waals surface area contributed by atoms with Crippen molar-refractivity contribution in [3.8, 4) is 11.1 Å². The van der Waals surface area contributed by atoms with E-state index in [4.69, 9.17) is 14.3 Å². The summed E-state index contributed by atoms with van der Waals surface area (Å²) in [5, 5.41) is 0.976. The number of likely N-dealkylation sites (tertiary alicyclic amines) is 1. The van der Waals surface area contributed by atoms with Gasteiger partial charge in [0, 0.05) is 5.92 Å². The van der Waals surface area contributed by atoms with E-state index in [9.17, 15) is 14.4 Å². The molecule has 36 heavy (non-hydrogen) atoms. The van der Waals surface area contributed by atoms with Crippen molar-refractivity contribution in [2.24, 2.45) is 0 Å². The number of hydrogen-bond donors (Lipinski definition) is 0. The lowest BCUT2D eigenvalue weighted by molar-refractivity contribution is -0.139. The highest BCUT2D eigenvalue weighted by molar-refractivity contribution is 5.95. The van der Waals surface area contributed by atoms with Crippen LogP contribution in [0.2, 0.25) is 0 Å². The monoisotopic (exact) mass is 484 g/mol. The lowest BCUT2D eigenvalue weighted by Crippen LogP contribution is -2.44. The van der Waals surface area contributed by atoms with Crippen LogP contribution < -0.4 is 0 Å². The van der Waals surface area contributed by atoms with Gasteiger partial charge in [-0.3, -0.25) is 14.5 Å². The minimum absolute atomic E-state index is 0.0149. The van der Waals surface area contributed by atoms with Gasteiger partial charge in [0.15, 0.2) is 5.78 Å². The third kappa shape index (κ3) is 3.79. The summed E-state index contributed by atoms with van der Waals surface area (Å²) >= 11 is 0. The van der Waals surface area contributed by atoms with Crippen LogP contribution in [0.1, 0.15) is 22.6 Å². The summed E-state index contributed by atoms with van der Waals surface area (Å²) in [6.45, 7) is 0.0837. The van der Waals surface area contributed by atoms with E-state index in [0.29, 0.717) is 0 Å². The summed E-state index contributed by atoms with van der Waals surface area (Å²) in [5.74, 6) is -0.397. The van der Waals surface area contributed by atoms with E-state index in [-0.39, 0.29) is 38.1 Å². The molecule has 2 unspecified atom stereocenters. The number of rotatable bonds is 4. The molecule has 2 heterocycles. The number of benzene rings is 3. The summed E-state index contributed by atoms with van der Waals surface area (Å²) in [6, 6.07) is 23.9. The van der Waals surface area contributed by atoms with Gasteiger partial charge >= 0.3 is 12.2 Å². The van der Waals surface area contributed by atoms with E-state index in [1.165, 1.54) is 4.90 Å². The number of carbonyl (C=O) groups is 3. The summed E-state index contributed by atoms with van der Waals surface area (Å²) in [4.78, 5) is 45.3. The standard InChI is InChI=1S/C28H24N2O6/c31-25-14-29(27(32)34-15-18-8-2-1-3-9-18)24-17-36-30(26(24)25)28(33)35-16-23-21-12-6-4-10-19(21)20-11-5-7-13-22(20)23/h1-13,23-24,26H,14-17H2. The molecule has 1 aliphatic carbocycles. The van der Waals surface area contributed by atoms with Crippen LogP contribution in [0.25, 0.3) is 11.1 Å². The molecular formula is C28H24N2O6. The highest BCUT2D eigenvalue weighted by atomic mass is 16.7. The summed E-state index contributed by atoms with van der Waals surface area (Å²) in [5.41, 5.74) is 5.28. The fraction of sp³-hybridized carbons (Fsp3) is 0.250. The Morgan fingerprint density at radius 3 is 2.17 bits per heavy atom. The molecule has 0 radical (unpaired) electrons. The molecule has 0 bridgehead atoms. The van der Waals surface area contributed by atoms with E-state index in [1.54, 1.807) is 0 Å². The zero-order chi connectivity index (χ0) is 24.6. The molecule has 2 aliphatic heterocycles. The van der Waals surface area contributed by atoms with Gasteiger partial charge in [0.25, 0.3) is 0 Å². The van der Waals surface area contributed by atoms with Gasteiger partial charge < -0.3 is 9.47 Å². The lowest BCUT2D eigenvalue weighted by atomic mass is 9.98. The average Bonchev–Trinajstić information content (AvgIpc) is 3.59. The number of amides is 2. The van der Waals surface area contributed by atoms with Gasteiger partial charge in [0.1, 0.15) is 19.3 Å². The molecular weight excluding hydrogens is 460 g/mol. The fourth-order valence-corrected chi connectivity index (χ4v) is 5.29. The number of hydroxylamine groups is 2. The Balaban J connectivity index is 1.11. The van der Waals surface area contributed by atoms with Crippen LogP contribution in [-0.2, 0) is 25.7 Å². The van der Waals surface area contributed by atoms with Crippen molar-refractivity contribution < 1.29 is 28.7 Å². The average molecular weight is 485 g/mol. The first-order valence-electron chi connectivity index (χ1n) is 11.9. The Bertz CT molecular complexity index is 1280. The fourth-order valence-electron chi connectivity index (χ4n) is 5.29. The SMILES string of the molecule is O=C1CN(C(=O)OCc2ccccc2)C2CON(C(=O)OCC3c4ccccc4-c4ccccc43)C12. The molecule has 3 aromatic carbocycles. The number of Topliss-reactive ketones (excluding diaryl/α,β-unsaturated/α-hetero) is 1. The molecule has 0 saturated carbocycles. The molecule has 2 fully saturated rings. The first-order valence-corrected chi connectivity index (χ1v) is 11.9.